The van der Waals surface area contributed by atoms with E-state index in [-0.39, 0.29) is 0 Å². The van der Waals surface area contributed by atoms with Crippen LogP contribution in [0.2, 0.25) is 0 Å². The van der Waals surface area contributed by atoms with E-state index in [0.717, 1.165) is 38.4 Å². The maximum absolute atomic E-state index is 5.43. The van der Waals surface area contributed by atoms with Crippen molar-refractivity contribution in [1.82, 2.24) is 15.3 Å². The second-order valence-electron chi connectivity index (χ2n) is 4.03. The summed E-state index contributed by atoms with van der Waals surface area (Å²) in [6, 6.07) is 0.322. The van der Waals surface area contributed by atoms with Crippen LogP contribution in [-0.4, -0.2) is 29.7 Å². The molecule has 0 aliphatic carbocycles. The largest absolute Gasteiger partial charge is 0.381 e. The molecule has 1 fully saturated rings. The summed E-state index contributed by atoms with van der Waals surface area (Å²) in [7, 11) is 0. The molecule has 2 rings (SSSR count). The van der Waals surface area contributed by atoms with E-state index in [1.165, 1.54) is 0 Å². The van der Waals surface area contributed by atoms with Gasteiger partial charge in [-0.1, -0.05) is 6.92 Å². The lowest BCUT2D eigenvalue weighted by molar-refractivity contribution is 0.175. The van der Waals surface area contributed by atoms with Gasteiger partial charge in [-0.05, 0) is 19.4 Å². The minimum absolute atomic E-state index is 0.322. The summed E-state index contributed by atoms with van der Waals surface area (Å²) in [5.74, 6) is 1.60. The molecule has 1 aromatic rings. The number of H-pyrrole nitrogens is 1. The number of aromatic nitrogens is 2. The monoisotopic (exact) mass is 209 g/mol. The highest BCUT2D eigenvalue weighted by molar-refractivity contribution is 4.99. The Kier molecular flexibility index (Phi) is 3.75. The maximum Gasteiger partial charge on any atom is 0.123 e. The van der Waals surface area contributed by atoms with E-state index in [9.17, 15) is 0 Å². The van der Waals surface area contributed by atoms with Crippen molar-refractivity contribution in [2.45, 2.75) is 25.8 Å². The molecule has 1 aliphatic heterocycles. The van der Waals surface area contributed by atoms with Crippen LogP contribution >= 0.6 is 0 Å². The standard InChI is InChI=1S/C11H19N3O/c1-2-4-12-10(9-3-7-15-8-9)11-13-5-6-14-11/h5-6,9-10,12H,2-4,7-8H2,1H3,(H,13,14). The molecule has 84 valence electrons. The minimum Gasteiger partial charge on any atom is -0.381 e. The second kappa shape index (κ2) is 5.28. The van der Waals surface area contributed by atoms with Crippen LogP contribution in [0.1, 0.15) is 31.6 Å². The van der Waals surface area contributed by atoms with Gasteiger partial charge < -0.3 is 15.0 Å². The van der Waals surface area contributed by atoms with Gasteiger partial charge in [0, 0.05) is 24.9 Å². The summed E-state index contributed by atoms with van der Waals surface area (Å²) >= 11 is 0. The van der Waals surface area contributed by atoms with Crippen molar-refractivity contribution >= 4 is 0 Å². The Balaban J connectivity index is 2.01. The Bertz CT molecular complexity index is 267. The van der Waals surface area contributed by atoms with Crippen LogP contribution in [0, 0.1) is 5.92 Å². The summed E-state index contributed by atoms with van der Waals surface area (Å²) in [4.78, 5) is 7.53. The minimum atomic E-state index is 0.322. The molecule has 0 spiro atoms. The highest BCUT2D eigenvalue weighted by Crippen LogP contribution is 2.26. The van der Waals surface area contributed by atoms with Crippen LogP contribution in [-0.2, 0) is 4.74 Å². The normalized spacial score (nSPS) is 23.1. The highest BCUT2D eigenvalue weighted by atomic mass is 16.5. The van der Waals surface area contributed by atoms with E-state index in [2.05, 4.69) is 22.2 Å². The zero-order chi connectivity index (χ0) is 10.5. The molecular formula is C11H19N3O. The van der Waals surface area contributed by atoms with Gasteiger partial charge in [-0.15, -0.1) is 0 Å². The van der Waals surface area contributed by atoms with Crippen molar-refractivity contribution in [2.24, 2.45) is 5.92 Å². The summed E-state index contributed by atoms with van der Waals surface area (Å²) in [5, 5.41) is 3.54. The molecule has 2 unspecified atom stereocenters. The SMILES string of the molecule is CCCNC(c1ncc[nH]1)C1CCOC1. The van der Waals surface area contributed by atoms with Crippen LogP contribution in [0.25, 0.3) is 0 Å². The second-order valence-corrected chi connectivity index (χ2v) is 4.03. The number of nitrogens with zero attached hydrogens (tertiary/aromatic N) is 1. The Hall–Kier alpha value is -0.870. The molecule has 1 aliphatic rings. The summed E-state index contributed by atoms with van der Waals surface area (Å²) in [6.07, 6.45) is 5.96. The first-order valence-corrected chi connectivity index (χ1v) is 5.72. The summed E-state index contributed by atoms with van der Waals surface area (Å²) < 4.78 is 5.43. The Labute approximate surface area is 90.4 Å². The molecule has 4 nitrogen and oxygen atoms in total. The Morgan fingerprint density at radius 1 is 1.73 bits per heavy atom. The van der Waals surface area contributed by atoms with Gasteiger partial charge in [0.25, 0.3) is 0 Å². The first-order valence-electron chi connectivity index (χ1n) is 5.72. The zero-order valence-corrected chi connectivity index (χ0v) is 9.20. The lowest BCUT2D eigenvalue weighted by Gasteiger charge is -2.21. The fourth-order valence-corrected chi connectivity index (χ4v) is 2.05. The number of rotatable bonds is 5. The van der Waals surface area contributed by atoms with E-state index >= 15 is 0 Å². The van der Waals surface area contributed by atoms with Gasteiger partial charge in [-0.25, -0.2) is 4.98 Å². The van der Waals surface area contributed by atoms with Gasteiger partial charge in [-0.3, -0.25) is 0 Å². The molecular weight excluding hydrogens is 190 g/mol. The quantitative estimate of drug-likeness (QED) is 0.772. The average molecular weight is 209 g/mol. The van der Waals surface area contributed by atoms with Gasteiger partial charge >= 0.3 is 0 Å². The highest BCUT2D eigenvalue weighted by Gasteiger charge is 2.27. The maximum atomic E-state index is 5.43. The van der Waals surface area contributed by atoms with Gasteiger partial charge in [0.2, 0.25) is 0 Å². The predicted octanol–water partition coefficient (Wildman–Crippen LogP) is 1.49. The summed E-state index contributed by atoms with van der Waals surface area (Å²) in [5.41, 5.74) is 0. The van der Waals surface area contributed by atoms with E-state index in [0.29, 0.717) is 12.0 Å². The van der Waals surface area contributed by atoms with Crippen molar-refractivity contribution in [3.63, 3.8) is 0 Å². The molecule has 1 aromatic heterocycles. The van der Waals surface area contributed by atoms with Crippen molar-refractivity contribution < 1.29 is 4.74 Å². The van der Waals surface area contributed by atoms with Crippen LogP contribution in [0.5, 0.6) is 0 Å². The van der Waals surface area contributed by atoms with E-state index in [4.69, 9.17) is 4.74 Å². The van der Waals surface area contributed by atoms with Crippen LogP contribution in [0.15, 0.2) is 12.4 Å². The van der Waals surface area contributed by atoms with Crippen LogP contribution in [0.4, 0.5) is 0 Å². The van der Waals surface area contributed by atoms with Gasteiger partial charge in [0.15, 0.2) is 0 Å². The third-order valence-corrected chi connectivity index (χ3v) is 2.86. The van der Waals surface area contributed by atoms with E-state index < -0.39 is 0 Å². The summed E-state index contributed by atoms with van der Waals surface area (Å²) in [6.45, 7) is 4.94. The van der Waals surface area contributed by atoms with Crippen molar-refractivity contribution in [3.05, 3.63) is 18.2 Å². The van der Waals surface area contributed by atoms with Crippen molar-refractivity contribution in [2.75, 3.05) is 19.8 Å². The van der Waals surface area contributed by atoms with E-state index in [1.54, 1.807) is 0 Å². The number of hydrogen-bond donors (Lipinski definition) is 2. The molecule has 15 heavy (non-hydrogen) atoms. The van der Waals surface area contributed by atoms with Crippen molar-refractivity contribution in [1.29, 1.82) is 0 Å². The van der Waals surface area contributed by atoms with Gasteiger partial charge in [-0.2, -0.15) is 0 Å². The van der Waals surface area contributed by atoms with Gasteiger partial charge in [0.05, 0.1) is 12.6 Å². The third kappa shape index (κ3) is 2.58. The lowest BCUT2D eigenvalue weighted by atomic mass is 9.98. The fourth-order valence-electron chi connectivity index (χ4n) is 2.05. The molecule has 0 amide bonds. The first-order chi connectivity index (χ1) is 7.42. The lowest BCUT2D eigenvalue weighted by Crippen LogP contribution is -2.30. The zero-order valence-electron chi connectivity index (χ0n) is 9.20. The Morgan fingerprint density at radius 2 is 2.67 bits per heavy atom. The molecule has 0 bridgehead atoms. The molecule has 0 radical (unpaired) electrons. The molecule has 2 atom stereocenters. The number of aromatic amines is 1. The molecule has 1 saturated heterocycles. The van der Waals surface area contributed by atoms with Gasteiger partial charge in [0.1, 0.15) is 5.82 Å². The first kappa shape index (κ1) is 10.6. The fraction of sp³-hybridized carbons (Fsp3) is 0.727. The molecule has 2 heterocycles. The van der Waals surface area contributed by atoms with Crippen LogP contribution < -0.4 is 5.32 Å². The van der Waals surface area contributed by atoms with Crippen molar-refractivity contribution in [3.8, 4) is 0 Å². The predicted molar refractivity (Wildman–Crippen MR) is 58.5 cm³/mol. The number of imidazole rings is 1. The number of ether oxygens (including phenoxy) is 1. The number of nitrogens with one attached hydrogen (secondary N) is 2. The number of hydrogen-bond acceptors (Lipinski definition) is 3. The molecule has 2 N–H and O–H groups in total. The molecule has 0 saturated carbocycles. The van der Waals surface area contributed by atoms with E-state index in [1.807, 2.05) is 12.4 Å². The average Bonchev–Trinajstić information content (AvgIpc) is 2.90. The Morgan fingerprint density at radius 3 is 3.27 bits per heavy atom. The smallest absolute Gasteiger partial charge is 0.123 e. The topological polar surface area (TPSA) is 49.9 Å². The third-order valence-electron chi connectivity index (χ3n) is 2.86. The van der Waals surface area contributed by atoms with Crippen LogP contribution in [0.3, 0.4) is 0 Å². The molecule has 4 heteroatoms. The molecule has 0 aromatic carbocycles.